The van der Waals surface area contributed by atoms with Crippen LogP contribution in [0.2, 0.25) is 0 Å². The van der Waals surface area contributed by atoms with E-state index < -0.39 is 0 Å². The van der Waals surface area contributed by atoms with E-state index in [-0.39, 0.29) is 11.8 Å². The summed E-state index contributed by atoms with van der Waals surface area (Å²) in [6.45, 7) is 5.09. The van der Waals surface area contributed by atoms with Gasteiger partial charge in [0, 0.05) is 23.8 Å². The van der Waals surface area contributed by atoms with Gasteiger partial charge in [-0.2, -0.15) is 0 Å². The molecule has 1 fully saturated rings. The van der Waals surface area contributed by atoms with Crippen molar-refractivity contribution < 1.29 is 4.79 Å². The fraction of sp³-hybridized carbons (Fsp3) is 0.562. The fourth-order valence-corrected chi connectivity index (χ4v) is 2.96. The molecule has 0 radical (unpaired) electrons. The number of anilines is 2. The molecule has 2 N–H and O–H groups in total. The van der Waals surface area contributed by atoms with Crippen molar-refractivity contribution in [3.8, 4) is 0 Å². The second kappa shape index (κ2) is 6.09. The summed E-state index contributed by atoms with van der Waals surface area (Å²) in [5.74, 6) is 1.00. The predicted octanol–water partition coefficient (Wildman–Crippen LogP) is 3.45. The minimum atomic E-state index is 0.198. The fourth-order valence-electron chi connectivity index (χ4n) is 2.96. The van der Waals surface area contributed by atoms with E-state index in [1.807, 2.05) is 29.2 Å². The molecular weight excluding hydrogens is 236 g/mol. The van der Waals surface area contributed by atoms with E-state index in [0.717, 1.165) is 30.8 Å². The van der Waals surface area contributed by atoms with Crippen LogP contribution in [-0.2, 0) is 4.79 Å². The number of carbonyl (C=O) groups is 1. The molecular formula is C16H24N2O. The number of hydrogen-bond donors (Lipinski definition) is 1. The minimum absolute atomic E-state index is 0.198. The molecule has 0 aromatic heterocycles. The van der Waals surface area contributed by atoms with E-state index in [9.17, 15) is 4.79 Å². The average Bonchev–Trinajstić information content (AvgIpc) is 2.83. The van der Waals surface area contributed by atoms with Gasteiger partial charge in [-0.15, -0.1) is 0 Å². The van der Waals surface area contributed by atoms with Gasteiger partial charge in [0.2, 0.25) is 5.91 Å². The number of rotatable bonds is 4. The topological polar surface area (TPSA) is 46.3 Å². The van der Waals surface area contributed by atoms with Crippen LogP contribution in [-0.4, -0.2) is 12.5 Å². The van der Waals surface area contributed by atoms with E-state index in [2.05, 4.69) is 13.8 Å². The standard InChI is InChI=1S/C16H24N2O/c1-3-11-18(14-9-7-13(17)8-10-14)16(19)15-6-4-5-12(15)2/h7-10,12,15H,3-6,11,17H2,1-2H3. The molecule has 1 saturated carbocycles. The molecule has 0 bridgehead atoms. The third-order valence-electron chi connectivity index (χ3n) is 4.10. The van der Waals surface area contributed by atoms with E-state index in [4.69, 9.17) is 5.73 Å². The van der Waals surface area contributed by atoms with Crippen LogP contribution in [0.4, 0.5) is 11.4 Å². The summed E-state index contributed by atoms with van der Waals surface area (Å²) >= 11 is 0. The SMILES string of the molecule is CCCN(C(=O)C1CCCC1C)c1ccc(N)cc1. The molecule has 2 rings (SSSR count). The first kappa shape index (κ1) is 13.9. The molecule has 2 atom stereocenters. The van der Waals surface area contributed by atoms with Gasteiger partial charge in [0.25, 0.3) is 0 Å². The van der Waals surface area contributed by atoms with Crippen LogP contribution in [0, 0.1) is 11.8 Å². The first-order valence-electron chi connectivity index (χ1n) is 7.30. The van der Waals surface area contributed by atoms with Crippen molar-refractivity contribution in [1.82, 2.24) is 0 Å². The molecule has 0 saturated heterocycles. The lowest BCUT2D eigenvalue weighted by molar-refractivity contribution is -0.123. The minimum Gasteiger partial charge on any atom is -0.399 e. The maximum absolute atomic E-state index is 12.7. The number of nitrogens with two attached hydrogens (primary N) is 1. The highest BCUT2D eigenvalue weighted by molar-refractivity contribution is 5.95. The zero-order chi connectivity index (χ0) is 13.8. The lowest BCUT2D eigenvalue weighted by Gasteiger charge is -2.27. The molecule has 1 amide bonds. The molecule has 3 heteroatoms. The van der Waals surface area contributed by atoms with Gasteiger partial charge in [-0.1, -0.05) is 20.3 Å². The highest BCUT2D eigenvalue weighted by atomic mass is 16.2. The molecule has 2 unspecified atom stereocenters. The van der Waals surface area contributed by atoms with Crippen LogP contribution in [0.15, 0.2) is 24.3 Å². The highest BCUT2D eigenvalue weighted by Gasteiger charge is 2.33. The van der Waals surface area contributed by atoms with Crippen molar-refractivity contribution in [2.45, 2.75) is 39.5 Å². The molecule has 0 heterocycles. The zero-order valence-electron chi connectivity index (χ0n) is 11.9. The van der Waals surface area contributed by atoms with Crippen LogP contribution in [0.5, 0.6) is 0 Å². The molecule has 1 aliphatic carbocycles. The summed E-state index contributed by atoms with van der Waals surface area (Å²) < 4.78 is 0. The van der Waals surface area contributed by atoms with Gasteiger partial charge in [0.15, 0.2) is 0 Å². The third kappa shape index (κ3) is 3.09. The Morgan fingerprint density at radius 3 is 2.53 bits per heavy atom. The Morgan fingerprint density at radius 2 is 2.00 bits per heavy atom. The number of nitrogens with zero attached hydrogens (tertiary/aromatic N) is 1. The Hall–Kier alpha value is -1.51. The third-order valence-corrected chi connectivity index (χ3v) is 4.10. The first-order chi connectivity index (χ1) is 9.13. The Balaban J connectivity index is 2.19. The maximum atomic E-state index is 12.7. The Morgan fingerprint density at radius 1 is 1.32 bits per heavy atom. The summed E-state index contributed by atoms with van der Waals surface area (Å²) in [7, 11) is 0. The Kier molecular flexibility index (Phi) is 4.46. The lowest BCUT2D eigenvalue weighted by atomic mass is 9.96. The van der Waals surface area contributed by atoms with E-state index in [0.29, 0.717) is 5.92 Å². The second-order valence-corrected chi connectivity index (χ2v) is 5.60. The summed E-state index contributed by atoms with van der Waals surface area (Å²) in [4.78, 5) is 14.7. The summed E-state index contributed by atoms with van der Waals surface area (Å²) in [5, 5.41) is 0. The van der Waals surface area contributed by atoms with Crippen molar-refractivity contribution in [3.05, 3.63) is 24.3 Å². The second-order valence-electron chi connectivity index (χ2n) is 5.60. The molecule has 0 spiro atoms. The molecule has 1 aromatic rings. The lowest BCUT2D eigenvalue weighted by Crippen LogP contribution is -2.37. The number of nitrogen functional groups attached to an aromatic ring is 1. The van der Waals surface area contributed by atoms with Crippen LogP contribution < -0.4 is 10.6 Å². The smallest absolute Gasteiger partial charge is 0.230 e. The number of hydrogen-bond acceptors (Lipinski definition) is 2. The average molecular weight is 260 g/mol. The molecule has 104 valence electrons. The molecule has 0 aliphatic heterocycles. The van der Waals surface area contributed by atoms with Crippen molar-refractivity contribution in [2.75, 3.05) is 17.2 Å². The monoisotopic (exact) mass is 260 g/mol. The van der Waals surface area contributed by atoms with Gasteiger partial charge in [-0.3, -0.25) is 4.79 Å². The largest absolute Gasteiger partial charge is 0.399 e. The van der Waals surface area contributed by atoms with Gasteiger partial charge in [-0.25, -0.2) is 0 Å². The maximum Gasteiger partial charge on any atom is 0.230 e. The van der Waals surface area contributed by atoms with Crippen LogP contribution in [0.1, 0.15) is 39.5 Å². The normalized spacial score (nSPS) is 22.4. The number of carbonyl (C=O) groups excluding carboxylic acids is 1. The predicted molar refractivity (Wildman–Crippen MR) is 80.0 cm³/mol. The Labute approximate surface area is 115 Å². The van der Waals surface area contributed by atoms with E-state index >= 15 is 0 Å². The Bertz CT molecular complexity index is 427. The number of benzene rings is 1. The molecule has 1 aliphatic rings. The van der Waals surface area contributed by atoms with Gasteiger partial charge < -0.3 is 10.6 Å². The van der Waals surface area contributed by atoms with Gasteiger partial charge in [0.1, 0.15) is 0 Å². The summed E-state index contributed by atoms with van der Waals surface area (Å²) in [6.07, 6.45) is 4.36. The molecule has 1 aromatic carbocycles. The van der Waals surface area contributed by atoms with Gasteiger partial charge in [0.05, 0.1) is 0 Å². The first-order valence-corrected chi connectivity index (χ1v) is 7.30. The van der Waals surface area contributed by atoms with Crippen LogP contribution >= 0.6 is 0 Å². The highest BCUT2D eigenvalue weighted by Crippen LogP contribution is 2.34. The quantitative estimate of drug-likeness (QED) is 0.843. The van der Waals surface area contributed by atoms with Crippen LogP contribution in [0.25, 0.3) is 0 Å². The summed E-state index contributed by atoms with van der Waals surface area (Å²) in [6, 6.07) is 7.62. The van der Waals surface area contributed by atoms with Gasteiger partial charge in [-0.05, 0) is 49.4 Å². The molecule has 3 nitrogen and oxygen atoms in total. The van der Waals surface area contributed by atoms with Crippen molar-refractivity contribution >= 4 is 17.3 Å². The van der Waals surface area contributed by atoms with Crippen molar-refractivity contribution in [1.29, 1.82) is 0 Å². The summed E-state index contributed by atoms with van der Waals surface area (Å²) in [5.41, 5.74) is 7.43. The van der Waals surface area contributed by atoms with Crippen molar-refractivity contribution in [3.63, 3.8) is 0 Å². The van der Waals surface area contributed by atoms with Crippen LogP contribution in [0.3, 0.4) is 0 Å². The zero-order valence-corrected chi connectivity index (χ0v) is 11.9. The van der Waals surface area contributed by atoms with E-state index in [1.165, 1.54) is 12.8 Å². The van der Waals surface area contributed by atoms with Crippen molar-refractivity contribution in [2.24, 2.45) is 11.8 Å². The van der Waals surface area contributed by atoms with E-state index in [1.54, 1.807) is 0 Å². The van der Waals surface area contributed by atoms with Gasteiger partial charge >= 0.3 is 0 Å². The molecule has 19 heavy (non-hydrogen) atoms. The number of amides is 1.